The number of carbonyl (C=O) groups is 4. The lowest BCUT2D eigenvalue weighted by Crippen LogP contribution is -2.59. The molecule has 9 heteroatoms. The first-order valence-corrected chi connectivity index (χ1v) is 14.5. The summed E-state index contributed by atoms with van der Waals surface area (Å²) >= 11 is 0. The Hall–Kier alpha value is -3.12. The molecule has 40 heavy (non-hydrogen) atoms. The number of likely N-dealkylation sites (N-methyl/N-ethyl adjacent to an activating group) is 1. The largest absolute Gasteiger partial charge is 0.355 e. The average molecular weight is 554 g/mol. The topological polar surface area (TPSA) is 111 Å². The van der Waals surface area contributed by atoms with Crippen LogP contribution in [0.3, 0.4) is 0 Å². The summed E-state index contributed by atoms with van der Waals surface area (Å²) in [6.45, 7) is 12.3. The molecule has 4 amide bonds. The van der Waals surface area contributed by atoms with Crippen LogP contribution in [0.4, 0.5) is 0 Å². The van der Waals surface area contributed by atoms with Crippen LogP contribution in [0.1, 0.15) is 67.2 Å². The van der Waals surface area contributed by atoms with E-state index in [0.29, 0.717) is 19.5 Å². The molecule has 2 heterocycles. The van der Waals surface area contributed by atoms with E-state index in [-0.39, 0.29) is 42.1 Å². The average Bonchev–Trinajstić information content (AvgIpc) is 3.49. The van der Waals surface area contributed by atoms with Crippen molar-refractivity contribution >= 4 is 23.6 Å². The van der Waals surface area contributed by atoms with E-state index in [2.05, 4.69) is 28.8 Å². The molecule has 9 nitrogen and oxygen atoms in total. The van der Waals surface area contributed by atoms with Crippen LogP contribution in [0.15, 0.2) is 23.3 Å². The van der Waals surface area contributed by atoms with Crippen molar-refractivity contribution in [1.29, 1.82) is 0 Å². The summed E-state index contributed by atoms with van der Waals surface area (Å²) in [6.07, 6.45) is 12.7. The van der Waals surface area contributed by atoms with Crippen LogP contribution in [-0.4, -0.2) is 84.3 Å². The molecule has 3 N–H and O–H groups in total. The first-order chi connectivity index (χ1) is 18.8. The number of likely N-dealkylation sites (tertiary alicyclic amines) is 2. The summed E-state index contributed by atoms with van der Waals surface area (Å²) in [5.74, 6) is 1.51. The number of fused-ring (bicyclic) bond motifs is 1. The molecular formula is C31H47N5O4. The number of amides is 4. The fraction of sp³-hybridized carbons (Fsp3) is 0.677. The van der Waals surface area contributed by atoms with E-state index < -0.39 is 29.5 Å². The molecule has 0 aromatic carbocycles. The molecule has 2 saturated heterocycles. The van der Waals surface area contributed by atoms with E-state index in [0.717, 1.165) is 19.3 Å². The van der Waals surface area contributed by atoms with Crippen molar-refractivity contribution in [2.45, 2.75) is 91.4 Å². The van der Waals surface area contributed by atoms with Gasteiger partial charge >= 0.3 is 0 Å². The maximum Gasteiger partial charge on any atom is 0.246 e. The van der Waals surface area contributed by atoms with E-state index in [9.17, 15) is 19.2 Å². The summed E-state index contributed by atoms with van der Waals surface area (Å²) in [7, 11) is 1.70. The molecule has 3 rings (SSSR count). The number of rotatable bonds is 8. The normalized spacial score (nSPS) is 26.4. The van der Waals surface area contributed by atoms with Crippen LogP contribution >= 0.6 is 0 Å². The van der Waals surface area contributed by atoms with Crippen molar-refractivity contribution in [3.8, 4) is 12.3 Å². The Kier molecular flexibility index (Phi) is 10.2. The van der Waals surface area contributed by atoms with Crippen LogP contribution in [0.25, 0.3) is 0 Å². The zero-order valence-corrected chi connectivity index (χ0v) is 25.2. The molecule has 1 unspecified atom stereocenters. The summed E-state index contributed by atoms with van der Waals surface area (Å²) in [6, 6.07) is -1.88. The Bertz CT molecular complexity index is 1100. The molecule has 1 aliphatic carbocycles. The minimum absolute atomic E-state index is 0.0980. The third kappa shape index (κ3) is 6.77. The molecule has 0 bridgehead atoms. The van der Waals surface area contributed by atoms with E-state index in [1.807, 2.05) is 26.8 Å². The molecule has 0 spiro atoms. The number of allylic oxidation sites excluding steroid dienone is 3. The van der Waals surface area contributed by atoms with Crippen molar-refractivity contribution in [2.75, 3.05) is 26.7 Å². The highest BCUT2D eigenvalue weighted by Crippen LogP contribution is 2.38. The first-order valence-electron chi connectivity index (χ1n) is 14.5. The van der Waals surface area contributed by atoms with E-state index in [1.54, 1.807) is 29.8 Å². The lowest BCUT2D eigenvalue weighted by molar-refractivity contribution is -0.142. The van der Waals surface area contributed by atoms with Crippen molar-refractivity contribution < 1.29 is 19.2 Å². The van der Waals surface area contributed by atoms with Crippen LogP contribution in [0.2, 0.25) is 0 Å². The fourth-order valence-electron chi connectivity index (χ4n) is 6.34. The number of hydrogen-bond donors (Lipinski definition) is 3. The molecule has 0 aromatic rings. The number of carbonyl (C=O) groups excluding carboxylic acids is 4. The van der Waals surface area contributed by atoms with Gasteiger partial charge in [0.2, 0.25) is 23.6 Å². The lowest BCUT2D eigenvalue weighted by Gasteiger charge is -2.37. The third-order valence-corrected chi connectivity index (χ3v) is 8.90. The van der Waals surface area contributed by atoms with Crippen LogP contribution in [0.5, 0.6) is 0 Å². The van der Waals surface area contributed by atoms with Gasteiger partial charge in [-0.3, -0.25) is 19.2 Å². The molecular weight excluding hydrogens is 506 g/mol. The minimum Gasteiger partial charge on any atom is -0.355 e. The van der Waals surface area contributed by atoms with Crippen molar-refractivity contribution in [2.24, 2.45) is 17.3 Å². The van der Waals surface area contributed by atoms with Gasteiger partial charge in [0.15, 0.2) is 0 Å². The Morgan fingerprint density at radius 2 is 1.88 bits per heavy atom. The van der Waals surface area contributed by atoms with Gasteiger partial charge in [-0.1, -0.05) is 38.3 Å². The Labute approximate surface area is 239 Å². The quantitative estimate of drug-likeness (QED) is 0.398. The lowest BCUT2D eigenvalue weighted by atomic mass is 9.83. The molecule has 0 saturated carbocycles. The maximum absolute atomic E-state index is 14.0. The first kappa shape index (κ1) is 31.4. The number of nitrogens with zero attached hydrogens (tertiary/aromatic N) is 2. The predicted molar refractivity (Wildman–Crippen MR) is 156 cm³/mol. The number of hydrogen-bond acceptors (Lipinski definition) is 5. The second-order valence-electron chi connectivity index (χ2n) is 12.5. The molecule has 220 valence electrons. The van der Waals surface area contributed by atoms with Crippen LogP contribution in [0, 0.1) is 29.6 Å². The molecule has 0 aromatic heterocycles. The Morgan fingerprint density at radius 3 is 2.48 bits per heavy atom. The van der Waals surface area contributed by atoms with Gasteiger partial charge < -0.3 is 25.8 Å². The zero-order chi connectivity index (χ0) is 29.8. The van der Waals surface area contributed by atoms with Crippen molar-refractivity contribution in [1.82, 2.24) is 25.8 Å². The Morgan fingerprint density at radius 1 is 1.18 bits per heavy atom. The van der Waals surface area contributed by atoms with Gasteiger partial charge in [0.1, 0.15) is 6.04 Å². The molecule has 6 atom stereocenters. The van der Waals surface area contributed by atoms with Gasteiger partial charge in [0.05, 0.1) is 24.0 Å². The van der Waals surface area contributed by atoms with Gasteiger partial charge in [-0.05, 0) is 69.6 Å². The smallest absolute Gasteiger partial charge is 0.246 e. The standard InChI is InChI=1S/C31H47N5O4/c1-9-10-12-22-13-11-14-23(19(22)2)17-33-29(39)24-18-36(21(4)37)25-15-16-35(26(24)25)30(40)27(31(5,6)7)34-28(38)20(3)32-8/h1,10,12,20,23-27,32H,11,13-18H2,2-8H3,(H,33,39)(H,34,38)/b12-10-/t20-,23?,24-,25+,26+,27+/m0/s1. The highest BCUT2D eigenvalue weighted by molar-refractivity contribution is 5.91. The molecule has 2 fully saturated rings. The second kappa shape index (κ2) is 13.0. The predicted octanol–water partition coefficient (Wildman–Crippen LogP) is 2.00. The molecule has 2 aliphatic heterocycles. The number of terminal acetylenes is 1. The van der Waals surface area contributed by atoms with Crippen molar-refractivity contribution in [3.05, 3.63) is 23.3 Å². The minimum atomic E-state index is -0.769. The number of nitrogens with one attached hydrogen (secondary N) is 3. The van der Waals surface area contributed by atoms with Crippen LogP contribution < -0.4 is 16.0 Å². The highest BCUT2D eigenvalue weighted by atomic mass is 16.2. The van der Waals surface area contributed by atoms with E-state index in [1.165, 1.54) is 18.1 Å². The molecule has 3 aliphatic rings. The van der Waals surface area contributed by atoms with E-state index in [4.69, 9.17) is 6.42 Å². The van der Waals surface area contributed by atoms with Gasteiger partial charge in [-0.15, -0.1) is 6.42 Å². The van der Waals surface area contributed by atoms with E-state index >= 15 is 0 Å². The van der Waals surface area contributed by atoms with Gasteiger partial charge in [-0.2, -0.15) is 0 Å². The van der Waals surface area contributed by atoms with Gasteiger partial charge in [-0.25, -0.2) is 0 Å². The highest BCUT2D eigenvalue weighted by Gasteiger charge is 2.55. The summed E-state index contributed by atoms with van der Waals surface area (Å²) in [5.41, 5.74) is 1.92. The third-order valence-electron chi connectivity index (χ3n) is 8.90. The van der Waals surface area contributed by atoms with Crippen molar-refractivity contribution in [3.63, 3.8) is 0 Å². The summed E-state index contributed by atoms with van der Waals surface area (Å²) in [4.78, 5) is 56.5. The fourth-order valence-corrected chi connectivity index (χ4v) is 6.34. The molecule has 0 radical (unpaired) electrons. The van der Waals surface area contributed by atoms with Gasteiger partial charge in [0, 0.05) is 26.6 Å². The van der Waals surface area contributed by atoms with Crippen LogP contribution in [-0.2, 0) is 19.2 Å². The summed E-state index contributed by atoms with van der Waals surface area (Å²) < 4.78 is 0. The second-order valence-corrected chi connectivity index (χ2v) is 12.5. The maximum atomic E-state index is 14.0. The summed E-state index contributed by atoms with van der Waals surface area (Å²) in [5, 5.41) is 9.01. The monoisotopic (exact) mass is 553 g/mol. The van der Waals surface area contributed by atoms with Gasteiger partial charge in [0.25, 0.3) is 0 Å². The Balaban J connectivity index is 1.81. The zero-order valence-electron chi connectivity index (χ0n) is 25.2. The SMILES string of the molecule is C#C/C=C\C1=C(C)C(CNC(=O)[C@H]2CN(C(C)=O)[C@@H]3CCN(C(=O)[C@@H](NC(=O)[C@H](C)NC)C(C)(C)C)[C@H]23)CCC1.